The van der Waals surface area contributed by atoms with Gasteiger partial charge in [0, 0.05) is 0 Å². The Morgan fingerprint density at radius 1 is 1.14 bits per heavy atom. The van der Waals surface area contributed by atoms with Crippen LogP contribution in [0.25, 0.3) is 11.6 Å². The van der Waals surface area contributed by atoms with Crippen LogP contribution in [0.2, 0.25) is 0 Å². The Balaban J connectivity index is 2.55. The van der Waals surface area contributed by atoms with Crippen molar-refractivity contribution in [2.45, 2.75) is 20.3 Å². The van der Waals surface area contributed by atoms with Crippen LogP contribution in [0.1, 0.15) is 41.3 Å². The number of esters is 2. The van der Waals surface area contributed by atoms with Crippen LogP contribution in [0.15, 0.2) is 30.3 Å². The van der Waals surface area contributed by atoms with E-state index in [1.165, 1.54) is 0 Å². The van der Waals surface area contributed by atoms with Gasteiger partial charge in [0.25, 0.3) is 0 Å². The summed E-state index contributed by atoms with van der Waals surface area (Å²) in [7, 11) is 0. The van der Waals surface area contributed by atoms with Gasteiger partial charge in [-0.3, -0.25) is 4.79 Å². The Morgan fingerprint density at radius 2 is 1.82 bits per heavy atom. The highest BCUT2D eigenvalue weighted by molar-refractivity contribution is 5.97. The first-order chi connectivity index (χ1) is 13.5. The molecule has 1 aromatic heterocycles. The lowest BCUT2D eigenvalue weighted by Crippen LogP contribution is -2.19. The summed E-state index contributed by atoms with van der Waals surface area (Å²) >= 11 is 0. The monoisotopic (exact) mass is 379 g/mol. The Morgan fingerprint density at radius 3 is 2.43 bits per heavy atom. The highest BCUT2D eigenvalue weighted by atomic mass is 16.5. The molecule has 0 amide bonds. The first-order valence-corrected chi connectivity index (χ1v) is 8.72. The summed E-state index contributed by atoms with van der Waals surface area (Å²) < 4.78 is 9.96. The lowest BCUT2D eigenvalue weighted by Gasteiger charge is -2.12. The summed E-state index contributed by atoms with van der Waals surface area (Å²) in [5.74, 6) is 1.29. The van der Waals surface area contributed by atoms with Crippen molar-refractivity contribution in [3.63, 3.8) is 0 Å². The molecule has 144 valence electrons. The van der Waals surface area contributed by atoms with Gasteiger partial charge in [0.15, 0.2) is 5.82 Å². The van der Waals surface area contributed by atoms with Crippen molar-refractivity contribution in [3.8, 4) is 12.3 Å². The number of aromatic nitrogens is 2. The van der Waals surface area contributed by atoms with Crippen molar-refractivity contribution in [2.24, 2.45) is 0 Å². The van der Waals surface area contributed by atoms with Gasteiger partial charge in [-0.2, -0.15) is 0 Å². The molecule has 0 saturated heterocycles. The number of nitrogens with two attached hydrogens (primary N) is 1. The minimum absolute atomic E-state index is 0.0604. The van der Waals surface area contributed by atoms with Gasteiger partial charge in [-0.1, -0.05) is 36.3 Å². The largest absolute Gasteiger partial charge is 0.466 e. The SMILES string of the molecule is C#C/C(=C\c1ccccc1)c1nc(N)c(C(=O)OCC)c(CC(=O)OCC)n1. The molecular formula is C21H21N3O4. The van der Waals surface area contributed by atoms with E-state index in [1.54, 1.807) is 19.9 Å². The molecule has 0 aliphatic heterocycles. The Labute approximate surface area is 163 Å². The molecule has 2 N–H and O–H groups in total. The molecule has 7 nitrogen and oxygen atoms in total. The zero-order chi connectivity index (χ0) is 20.5. The molecule has 2 aromatic rings. The number of nitrogens with zero attached hydrogens (tertiary/aromatic N) is 2. The predicted molar refractivity (Wildman–Crippen MR) is 106 cm³/mol. The summed E-state index contributed by atoms with van der Waals surface area (Å²) in [5.41, 5.74) is 7.24. The lowest BCUT2D eigenvalue weighted by atomic mass is 10.1. The molecule has 0 unspecified atom stereocenters. The van der Waals surface area contributed by atoms with E-state index in [4.69, 9.17) is 21.6 Å². The third-order valence-electron chi connectivity index (χ3n) is 3.62. The molecule has 2 rings (SSSR count). The van der Waals surface area contributed by atoms with Gasteiger partial charge in [0.05, 0.1) is 30.9 Å². The van der Waals surface area contributed by atoms with Crippen LogP contribution >= 0.6 is 0 Å². The zero-order valence-corrected chi connectivity index (χ0v) is 15.8. The fourth-order valence-electron chi connectivity index (χ4n) is 2.44. The molecule has 1 aromatic carbocycles. The maximum Gasteiger partial charge on any atom is 0.343 e. The smallest absolute Gasteiger partial charge is 0.343 e. The normalized spacial score (nSPS) is 10.8. The van der Waals surface area contributed by atoms with Gasteiger partial charge in [0.2, 0.25) is 0 Å². The van der Waals surface area contributed by atoms with Crippen LogP contribution in [0.4, 0.5) is 5.82 Å². The van der Waals surface area contributed by atoms with E-state index in [1.807, 2.05) is 30.3 Å². The molecule has 0 atom stereocenters. The fraction of sp³-hybridized carbons (Fsp3) is 0.238. The molecule has 1 heterocycles. The van der Waals surface area contributed by atoms with Crippen molar-refractivity contribution in [1.29, 1.82) is 0 Å². The van der Waals surface area contributed by atoms with E-state index in [0.717, 1.165) is 5.56 Å². The van der Waals surface area contributed by atoms with Crippen LogP contribution in [-0.4, -0.2) is 35.1 Å². The van der Waals surface area contributed by atoms with E-state index in [-0.39, 0.29) is 42.5 Å². The predicted octanol–water partition coefficient (Wildman–Crippen LogP) is 2.51. The van der Waals surface area contributed by atoms with Gasteiger partial charge >= 0.3 is 11.9 Å². The molecule has 0 bridgehead atoms. The Bertz CT molecular complexity index is 931. The number of rotatable bonds is 7. The molecule has 0 radical (unpaired) electrons. The molecule has 0 aliphatic carbocycles. The van der Waals surface area contributed by atoms with Gasteiger partial charge in [-0.15, -0.1) is 6.42 Å². The van der Waals surface area contributed by atoms with Gasteiger partial charge < -0.3 is 15.2 Å². The highest BCUT2D eigenvalue weighted by Gasteiger charge is 2.23. The van der Waals surface area contributed by atoms with Crippen LogP contribution in [0, 0.1) is 12.3 Å². The first kappa shape index (κ1) is 20.6. The molecule has 28 heavy (non-hydrogen) atoms. The number of hydrogen-bond donors (Lipinski definition) is 1. The van der Waals surface area contributed by atoms with Crippen molar-refractivity contribution in [1.82, 2.24) is 9.97 Å². The first-order valence-electron chi connectivity index (χ1n) is 8.72. The molecule has 0 aliphatic rings. The van der Waals surface area contributed by atoms with E-state index >= 15 is 0 Å². The third-order valence-corrected chi connectivity index (χ3v) is 3.62. The minimum atomic E-state index is -0.708. The standard InChI is InChI=1S/C21H21N3O4/c1-4-15(12-14-10-8-7-9-11-14)20-23-16(13-17(25)27-5-2)18(19(22)24-20)21(26)28-6-3/h1,7-12H,5-6,13H2,2-3H3,(H2,22,23,24)/b15-12+. The number of carbonyl (C=O) groups is 2. The van der Waals surface area contributed by atoms with Gasteiger partial charge in [0.1, 0.15) is 11.4 Å². The second kappa shape index (κ2) is 9.88. The summed E-state index contributed by atoms with van der Waals surface area (Å²) in [4.78, 5) is 32.7. The topological polar surface area (TPSA) is 104 Å². The fourth-order valence-corrected chi connectivity index (χ4v) is 2.44. The van der Waals surface area contributed by atoms with E-state index in [2.05, 4.69) is 15.9 Å². The maximum atomic E-state index is 12.3. The number of anilines is 1. The Hall–Kier alpha value is -3.66. The van der Waals surface area contributed by atoms with E-state index < -0.39 is 11.9 Å². The summed E-state index contributed by atoms with van der Waals surface area (Å²) in [5, 5.41) is 0. The number of benzene rings is 1. The van der Waals surface area contributed by atoms with Crippen LogP contribution in [0.3, 0.4) is 0 Å². The number of carbonyl (C=O) groups excluding carboxylic acids is 2. The number of allylic oxidation sites excluding steroid dienone is 1. The quantitative estimate of drug-likeness (QED) is 0.582. The summed E-state index contributed by atoms with van der Waals surface area (Å²) in [6.45, 7) is 3.68. The van der Waals surface area contributed by atoms with Crippen molar-refractivity contribution in [2.75, 3.05) is 18.9 Å². The van der Waals surface area contributed by atoms with Crippen molar-refractivity contribution >= 4 is 29.4 Å². The second-order valence-corrected chi connectivity index (χ2v) is 5.57. The highest BCUT2D eigenvalue weighted by Crippen LogP contribution is 2.21. The average Bonchev–Trinajstić information content (AvgIpc) is 2.66. The minimum Gasteiger partial charge on any atom is -0.466 e. The molecule has 0 spiro atoms. The number of ether oxygens (including phenoxy) is 2. The maximum absolute atomic E-state index is 12.3. The van der Waals surface area contributed by atoms with Crippen molar-refractivity contribution in [3.05, 3.63) is 53.0 Å². The van der Waals surface area contributed by atoms with E-state index in [9.17, 15) is 9.59 Å². The summed E-state index contributed by atoms with van der Waals surface area (Å²) in [6, 6.07) is 9.35. The third kappa shape index (κ3) is 5.17. The van der Waals surface area contributed by atoms with Crippen LogP contribution in [-0.2, 0) is 20.7 Å². The molecule has 0 saturated carbocycles. The van der Waals surface area contributed by atoms with Gasteiger partial charge in [-0.05, 0) is 25.5 Å². The lowest BCUT2D eigenvalue weighted by molar-refractivity contribution is -0.142. The van der Waals surface area contributed by atoms with Crippen LogP contribution < -0.4 is 5.73 Å². The van der Waals surface area contributed by atoms with Crippen LogP contribution in [0.5, 0.6) is 0 Å². The number of nitrogen functional groups attached to an aromatic ring is 1. The van der Waals surface area contributed by atoms with E-state index in [0.29, 0.717) is 5.57 Å². The van der Waals surface area contributed by atoms with Crippen molar-refractivity contribution < 1.29 is 19.1 Å². The Kier molecular flexibility index (Phi) is 7.28. The molecular weight excluding hydrogens is 358 g/mol. The molecule has 7 heteroatoms. The van der Waals surface area contributed by atoms with Gasteiger partial charge in [-0.25, -0.2) is 14.8 Å². The average molecular weight is 379 g/mol. The zero-order valence-electron chi connectivity index (χ0n) is 15.8. The number of hydrogen-bond acceptors (Lipinski definition) is 7. The molecule has 0 fully saturated rings. The summed E-state index contributed by atoms with van der Waals surface area (Å²) in [6.07, 6.45) is 7.08. The second-order valence-electron chi connectivity index (χ2n) is 5.57. The number of terminal acetylenes is 1.